The first-order valence-corrected chi connectivity index (χ1v) is 6.05. The van der Waals surface area contributed by atoms with Crippen molar-refractivity contribution in [2.45, 2.75) is 60.3 Å². The summed E-state index contributed by atoms with van der Waals surface area (Å²) in [5, 5.41) is 0. The molecule has 1 aromatic rings. The molecule has 0 aliphatic carbocycles. The summed E-state index contributed by atoms with van der Waals surface area (Å²) < 4.78 is 0. The highest BCUT2D eigenvalue weighted by Gasteiger charge is 2.19. The molecule has 0 bridgehead atoms. The Kier molecular flexibility index (Phi) is 5.64. The molecule has 0 atom stereocenters. The monoisotopic (exact) mass is 206 g/mol. The molecule has 0 heterocycles. The molecule has 0 spiro atoms. The van der Waals surface area contributed by atoms with E-state index in [4.69, 9.17) is 0 Å². The molecule has 86 valence electrons. The average Bonchev–Trinajstić information content (AvgIpc) is 2.24. The molecule has 0 saturated carbocycles. The van der Waals surface area contributed by atoms with Crippen LogP contribution in [0, 0.1) is 13.8 Å². The van der Waals surface area contributed by atoms with E-state index in [2.05, 4.69) is 52.8 Å². The lowest BCUT2D eigenvalue weighted by molar-refractivity contribution is 0.503. The molecule has 0 amide bonds. The molecule has 0 radical (unpaired) electrons. The van der Waals surface area contributed by atoms with E-state index < -0.39 is 0 Å². The maximum Gasteiger partial charge on any atom is -0.0103 e. The molecule has 15 heavy (non-hydrogen) atoms. The summed E-state index contributed by atoms with van der Waals surface area (Å²) in [5.41, 5.74) is 4.59. The Morgan fingerprint density at radius 2 is 1.60 bits per heavy atom. The Hall–Kier alpha value is -0.780. The van der Waals surface area contributed by atoms with Crippen molar-refractivity contribution in [3.8, 4) is 0 Å². The first-order chi connectivity index (χ1) is 6.97. The molecule has 0 aliphatic heterocycles. The van der Waals surface area contributed by atoms with Crippen LogP contribution in [0.15, 0.2) is 18.2 Å². The Balaban J connectivity index is 0.000000921. The maximum absolute atomic E-state index is 2.32. The molecule has 1 rings (SSSR count). The van der Waals surface area contributed by atoms with Crippen LogP contribution in [0.4, 0.5) is 0 Å². The van der Waals surface area contributed by atoms with Crippen LogP contribution in [0.2, 0.25) is 0 Å². The van der Waals surface area contributed by atoms with Crippen LogP contribution in [-0.4, -0.2) is 0 Å². The number of hydrogen-bond donors (Lipinski definition) is 0. The van der Waals surface area contributed by atoms with E-state index in [0.29, 0.717) is 5.41 Å². The number of hydrogen-bond acceptors (Lipinski definition) is 0. The molecule has 0 saturated heterocycles. The molecular weight excluding hydrogens is 180 g/mol. The van der Waals surface area contributed by atoms with Crippen LogP contribution in [-0.2, 0) is 5.41 Å². The molecule has 0 nitrogen and oxygen atoms in total. The second-order valence-electron chi connectivity index (χ2n) is 4.56. The Labute approximate surface area is 95.7 Å². The minimum atomic E-state index is 0.316. The van der Waals surface area contributed by atoms with Crippen molar-refractivity contribution in [3.63, 3.8) is 0 Å². The van der Waals surface area contributed by atoms with Crippen molar-refractivity contribution in [1.82, 2.24) is 0 Å². The molecule has 0 aromatic heterocycles. The van der Waals surface area contributed by atoms with Crippen LogP contribution in [0.25, 0.3) is 0 Å². The van der Waals surface area contributed by atoms with Crippen molar-refractivity contribution in [3.05, 3.63) is 34.9 Å². The first kappa shape index (κ1) is 14.2. The van der Waals surface area contributed by atoms with Crippen molar-refractivity contribution in [2.75, 3.05) is 0 Å². The summed E-state index contributed by atoms with van der Waals surface area (Å²) in [6, 6.07) is 6.73. The van der Waals surface area contributed by atoms with E-state index in [1.807, 2.05) is 13.8 Å². The zero-order valence-corrected chi connectivity index (χ0v) is 11.4. The Morgan fingerprint density at radius 3 is 2.07 bits per heavy atom. The second kappa shape index (κ2) is 5.95. The van der Waals surface area contributed by atoms with Crippen LogP contribution in [0.1, 0.15) is 57.7 Å². The van der Waals surface area contributed by atoms with Gasteiger partial charge in [0.15, 0.2) is 0 Å². The van der Waals surface area contributed by atoms with Gasteiger partial charge in [-0.2, -0.15) is 0 Å². The zero-order chi connectivity index (χ0) is 12.1. The fourth-order valence-corrected chi connectivity index (χ4v) is 1.66. The maximum atomic E-state index is 2.32. The highest BCUT2D eigenvalue weighted by molar-refractivity contribution is 5.35. The van der Waals surface area contributed by atoms with Crippen molar-refractivity contribution in [1.29, 1.82) is 0 Å². The third-order valence-electron chi connectivity index (χ3n) is 3.01. The largest absolute Gasteiger partial charge is 0.0683 e. The molecule has 0 N–H and O–H groups in total. The van der Waals surface area contributed by atoms with Crippen LogP contribution in [0.5, 0.6) is 0 Å². The van der Waals surface area contributed by atoms with Gasteiger partial charge in [0.25, 0.3) is 0 Å². The highest BCUT2D eigenvalue weighted by atomic mass is 14.2. The topological polar surface area (TPSA) is 0 Å². The summed E-state index contributed by atoms with van der Waals surface area (Å²) in [7, 11) is 0. The third kappa shape index (κ3) is 3.70. The van der Waals surface area contributed by atoms with Gasteiger partial charge in [-0.15, -0.1) is 0 Å². The van der Waals surface area contributed by atoms with E-state index in [1.165, 1.54) is 23.1 Å². The lowest BCUT2D eigenvalue weighted by Crippen LogP contribution is -2.17. The Bertz CT molecular complexity index is 295. The van der Waals surface area contributed by atoms with Crippen molar-refractivity contribution in [2.24, 2.45) is 0 Å². The molecular formula is C15H26. The lowest BCUT2D eigenvalue weighted by Gasteiger charge is -2.25. The minimum Gasteiger partial charge on any atom is -0.0683 e. The fourth-order valence-electron chi connectivity index (χ4n) is 1.66. The van der Waals surface area contributed by atoms with Crippen LogP contribution in [0.3, 0.4) is 0 Å². The van der Waals surface area contributed by atoms with Gasteiger partial charge < -0.3 is 0 Å². The predicted molar refractivity (Wildman–Crippen MR) is 70.6 cm³/mol. The van der Waals surface area contributed by atoms with Gasteiger partial charge in [-0.25, -0.2) is 0 Å². The first-order valence-electron chi connectivity index (χ1n) is 6.05. The standard InChI is InChI=1S/C13H20.C2H6/c1-6-13(4,5)12-9-10(2)7-8-11(12)3;1-2/h7-9H,6H2,1-5H3;1-2H3. The molecule has 0 fully saturated rings. The molecule has 1 aromatic carbocycles. The lowest BCUT2D eigenvalue weighted by atomic mass is 9.79. The number of benzene rings is 1. The van der Waals surface area contributed by atoms with E-state index in [9.17, 15) is 0 Å². The smallest absolute Gasteiger partial charge is 0.0103 e. The van der Waals surface area contributed by atoms with Gasteiger partial charge in [0.2, 0.25) is 0 Å². The van der Waals surface area contributed by atoms with Crippen molar-refractivity contribution >= 4 is 0 Å². The number of aryl methyl sites for hydroxylation is 2. The highest BCUT2D eigenvalue weighted by Crippen LogP contribution is 2.29. The van der Waals surface area contributed by atoms with E-state index >= 15 is 0 Å². The second-order valence-corrected chi connectivity index (χ2v) is 4.56. The predicted octanol–water partition coefficient (Wildman–Crippen LogP) is 5.02. The van der Waals surface area contributed by atoms with E-state index in [0.717, 1.165) is 0 Å². The minimum absolute atomic E-state index is 0.316. The summed E-state index contributed by atoms with van der Waals surface area (Å²) in [6.45, 7) is 15.2. The summed E-state index contributed by atoms with van der Waals surface area (Å²) in [5.74, 6) is 0. The zero-order valence-electron chi connectivity index (χ0n) is 11.4. The van der Waals surface area contributed by atoms with Gasteiger partial charge in [-0.05, 0) is 36.8 Å². The van der Waals surface area contributed by atoms with Gasteiger partial charge in [0.05, 0.1) is 0 Å². The quantitative estimate of drug-likeness (QED) is 0.637. The molecule has 0 heteroatoms. The molecule has 0 aliphatic rings. The Morgan fingerprint density at radius 1 is 1.07 bits per heavy atom. The van der Waals surface area contributed by atoms with E-state index in [-0.39, 0.29) is 0 Å². The summed E-state index contributed by atoms with van der Waals surface area (Å²) in [4.78, 5) is 0. The number of rotatable bonds is 2. The fraction of sp³-hybridized carbons (Fsp3) is 0.600. The summed E-state index contributed by atoms with van der Waals surface area (Å²) >= 11 is 0. The van der Waals surface area contributed by atoms with Gasteiger partial charge in [0.1, 0.15) is 0 Å². The van der Waals surface area contributed by atoms with Crippen LogP contribution >= 0.6 is 0 Å². The SMILES string of the molecule is CC.CCC(C)(C)c1cc(C)ccc1C. The summed E-state index contributed by atoms with van der Waals surface area (Å²) in [6.07, 6.45) is 1.19. The van der Waals surface area contributed by atoms with Crippen molar-refractivity contribution < 1.29 is 0 Å². The van der Waals surface area contributed by atoms with Crippen LogP contribution < -0.4 is 0 Å². The third-order valence-corrected chi connectivity index (χ3v) is 3.01. The van der Waals surface area contributed by atoms with Gasteiger partial charge in [-0.1, -0.05) is 58.4 Å². The van der Waals surface area contributed by atoms with E-state index in [1.54, 1.807) is 0 Å². The average molecular weight is 206 g/mol. The van der Waals surface area contributed by atoms with Gasteiger partial charge in [-0.3, -0.25) is 0 Å². The van der Waals surface area contributed by atoms with Gasteiger partial charge >= 0.3 is 0 Å². The molecule has 0 unspecified atom stereocenters. The normalized spacial score (nSPS) is 10.6. The van der Waals surface area contributed by atoms with Gasteiger partial charge in [0, 0.05) is 0 Å².